The Labute approximate surface area is 113 Å². The Kier molecular flexibility index (Phi) is 5.66. The Balaban J connectivity index is 2.17. The SMILES string of the molecule is CC(C)(C)C1CCC(CNCCS(C)(=O)=O)CC1. The Morgan fingerprint density at radius 3 is 2.11 bits per heavy atom. The third kappa shape index (κ3) is 6.19. The van der Waals surface area contributed by atoms with Gasteiger partial charge in [0.1, 0.15) is 9.84 Å². The van der Waals surface area contributed by atoms with Crippen LogP contribution in [0.2, 0.25) is 0 Å². The van der Waals surface area contributed by atoms with E-state index in [-0.39, 0.29) is 5.75 Å². The summed E-state index contributed by atoms with van der Waals surface area (Å²) in [6.45, 7) is 8.58. The van der Waals surface area contributed by atoms with Crippen LogP contribution in [0.15, 0.2) is 0 Å². The van der Waals surface area contributed by atoms with Crippen LogP contribution in [0, 0.1) is 17.3 Å². The van der Waals surface area contributed by atoms with Gasteiger partial charge in [0.2, 0.25) is 0 Å². The second-order valence-electron chi connectivity index (χ2n) is 6.92. The first kappa shape index (κ1) is 16.0. The Morgan fingerprint density at radius 2 is 1.67 bits per heavy atom. The molecule has 1 fully saturated rings. The molecule has 108 valence electrons. The summed E-state index contributed by atoms with van der Waals surface area (Å²) in [7, 11) is -2.82. The molecule has 1 aliphatic carbocycles. The number of sulfone groups is 1. The van der Waals surface area contributed by atoms with Gasteiger partial charge in [-0.3, -0.25) is 0 Å². The van der Waals surface area contributed by atoms with E-state index in [1.807, 2.05) is 0 Å². The van der Waals surface area contributed by atoms with Crippen molar-refractivity contribution in [2.24, 2.45) is 17.3 Å². The smallest absolute Gasteiger partial charge is 0.148 e. The highest BCUT2D eigenvalue weighted by atomic mass is 32.2. The van der Waals surface area contributed by atoms with Crippen molar-refractivity contribution >= 4 is 9.84 Å². The van der Waals surface area contributed by atoms with E-state index < -0.39 is 9.84 Å². The van der Waals surface area contributed by atoms with Crippen LogP contribution in [0.25, 0.3) is 0 Å². The third-order valence-corrected chi connectivity index (χ3v) is 5.10. The second-order valence-corrected chi connectivity index (χ2v) is 9.18. The first-order chi connectivity index (χ1) is 8.18. The molecule has 18 heavy (non-hydrogen) atoms. The lowest BCUT2D eigenvalue weighted by molar-refractivity contribution is 0.149. The lowest BCUT2D eigenvalue weighted by atomic mass is 9.70. The van der Waals surface area contributed by atoms with Gasteiger partial charge < -0.3 is 5.32 Å². The van der Waals surface area contributed by atoms with Crippen LogP contribution in [0.4, 0.5) is 0 Å². The third-order valence-electron chi connectivity index (χ3n) is 4.15. The standard InChI is InChI=1S/C14H29NO2S/c1-14(2,3)13-7-5-12(6-8-13)11-15-9-10-18(4,16)17/h12-13,15H,5-11H2,1-4H3. The van der Waals surface area contributed by atoms with Gasteiger partial charge in [0, 0.05) is 12.8 Å². The fraction of sp³-hybridized carbons (Fsp3) is 1.00. The van der Waals surface area contributed by atoms with Crippen LogP contribution in [0.5, 0.6) is 0 Å². The fourth-order valence-electron chi connectivity index (χ4n) is 2.80. The van der Waals surface area contributed by atoms with Crippen molar-refractivity contribution in [2.75, 3.05) is 25.1 Å². The quantitative estimate of drug-likeness (QED) is 0.784. The fourth-order valence-corrected chi connectivity index (χ4v) is 3.31. The van der Waals surface area contributed by atoms with Gasteiger partial charge in [-0.15, -0.1) is 0 Å². The molecule has 0 unspecified atom stereocenters. The van der Waals surface area contributed by atoms with Crippen LogP contribution in [0.1, 0.15) is 46.5 Å². The molecular formula is C14H29NO2S. The molecule has 0 aromatic carbocycles. The predicted molar refractivity (Wildman–Crippen MR) is 77.5 cm³/mol. The molecule has 4 heteroatoms. The highest BCUT2D eigenvalue weighted by Crippen LogP contribution is 2.39. The van der Waals surface area contributed by atoms with E-state index >= 15 is 0 Å². The van der Waals surface area contributed by atoms with Crippen LogP contribution >= 0.6 is 0 Å². The van der Waals surface area contributed by atoms with E-state index in [1.165, 1.54) is 31.9 Å². The van der Waals surface area contributed by atoms with E-state index in [2.05, 4.69) is 26.1 Å². The molecule has 0 aromatic rings. The Morgan fingerprint density at radius 1 is 1.11 bits per heavy atom. The van der Waals surface area contributed by atoms with Crippen molar-refractivity contribution in [3.05, 3.63) is 0 Å². The maximum atomic E-state index is 11.0. The van der Waals surface area contributed by atoms with Crippen LogP contribution < -0.4 is 5.32 Å². The summed E-state index contributed by atoms with van der Waals surface area (Å²) in [6.07, 6.45) is 6.51. The van der Waals surface area contributed by atoms with Crippen LogP contribution in [-0.4, -0.2) is 33.5 Å². The monoisotopic (exact) mass is 275 g/mol. The average molecular weight is 275 g/mol. The molecule has 0 bridgehead atoms. The normalized spacial score (nSPS) is 26.2. The van der Waals surface area contributed by atoms with Crippen molar-refractivity contribution in [3.63, 3.8) is 0 Å². The van der Waals surface area contributed by atoms with Crippen LogP contribution in [0.3, 0.4) is 0 Å². The van der Waals surface area contributed by atoms with Gasteiger partial charge in [-0.2, -0.15) is 0 Å². The van der Waals surface area contributed by atoms with Crippen molar-refractivity contribution in [3.8, 4) is 0 Å². The molecular weight excluding hydrogens is 246 g/mol. The van der Waals surface area contributed by atoms with E-state index in [0.29, 0.717) is 12.0 Å². The van der Waals surface area contributed by atoms with Gasteiger partial charge in [-0.05, 0) is 49.5 Å². The zero-order valence-corrected chi connectivity index (χ0v) is 13.1. The molecule has 0 amide bonds. The van der Waals surface area contributed by atoms with E-state index in [1.54, 1.807) is 0 Å². The minimum absolute atomic E-state index is 0.254. The molecule has 3 nitrogen and oxygen atoms in total. The van der Waals surface area contributed by atoms with E-state index in [9.17, 15) is 8.42 Å². The van der Waals surface area contributed by atoms with Gasteiger partial charge in [-0.1, -0.05) is 20.8 Å². The lowest BCUT2D eigenvalue weighted by Crippen LogP contribution is -2.32. The summed E-state index contributed by atoms with van der Waals surface area (Å²) in [5, 5.41) is 3.29. The van der Waals surface area contributed by atoms with Gasteiger partial charge in [0.05, 0.1) is 5.75 Å². The predicted octanol–water partition coefficient (Wildman–Crippen LogP) is 2.47. The molecule has 0 aromatic heterocycles. The van der Waals surface area contributed by atoms with Crippen molar-refractivity contribution in [2.45, 2.75) is 46.5 Å². The number of hydrogen-bond acceptors (Lipinski definition) is 3. The van der Waals surface area contributed by atoms with Gasteiger partial charge >= 0.3 is 0 Å². The molecule has 0 heterocycles. The van der Waals surface area contributed by atoms with Crippen molar-refractivity contribution < 1.29 is 8.42 Å². The summed E-state index contributed by atoms with van der Waals surface area (Å²) >= 11 is 0. The van der Waals surface area contributed by atoms with Crippen molar-refractivity contribution in [1.82, 2.24) is 5.32 Å². The molecule has 1 rings (SSSR count). The van der Waals surface area contributed by atoms with E-state index in [0.717, 1.165) is 18.4 Å². The largest absolute Gasteiger partial charge is 0.315 e. The average Bonchev–Trinajstić information content (AvgIpc) is 2.22. The van der Waals surface area contributed by atoms with Crippen LogP contribution in [-0.2, 0) is 9.84 Å². The molecule has 0 spiro atoms. The number of hydrogen-bond donors (Lipinski definition) is 1. The maximum absolute atomic E-state index is 11.0. The van der Waals surface area contributed by atoms with Gasteiger partial charge in [0.25, 0.3) is 0 Å². The van der Waals surface area contributed by atoms with E-state index in [4.69, 9.17) is 0 Å². The summed E-state index contributed by atoms with van der Waals surface area (Å²) in [6, 6.07) is 0. The Hall–Kier alpha value is -0.0900. The summed E-state index contributed by atoms with van der Waals surface area (Å²) in [5.74, 6) is 1.84. The first-order valence-electron chi connectivity index (χ1n) is 7.07. The van der Waals surface area contributed by atoms with Gasteiger partial charge in [-0.25, -0.2) is 8.42 Å². The Bertz CT molecular complexity index is 335. The molecule has 1 saturated carbocycles. The number of rotatable bonds is 5. The summed E-state index contributed by atoms with van der Waals surface area (Å²) in [4.78, 5) is 0. The maximum Gasteiger partial charge on any atom is 0.148 e. The highest BCUT2D eigenvalue weighted by Gasteiger charge is 2.29. The molecule has 0 atom stereocenters. The zero-order valence-electron chi connectivity index (χ0n) is 12.3. The zero-order chi connectivity index (χ0) is 13.8. The van der Waals surface area contributed by atoms with Crippen molar-refractivity contribution in [1.29, 1.82) is 0 Å². The second kappa shape index (κ2) is 6.38. The topological polar surface area (TPSA) is 46.2 Å². The summed E-state index contributed by atoms with van der Waals surface area (Å²) in [5.41, 5.74) is 0.439. The minimum Gasteiger partial charge on any atom is -0.315 e. The molecule has 0 radical (unpaired) electrons. The minimum atomic E-state index is -2.82. The highest BCUT2D eigenvalue weighted by molar-refractivity contribution is 7.90. The summed E-state index contributed by atoms with van der Waals surface area (Å²) < 4.78 is 22.0. The molecule has 1 N–H and O–H groups in total. The number of nitrogens with one attached hydrogen (secondary N) is 1. The lowest BCUT2D eigenvalue weighted by Gasteiger charge is -2.37. The first-order valence-corrected chi connectivity index (χ1v) is 9.13. The molecule has 0 aliphatic heterocycles. The molecule has 1 aliphatic rings. The van der Waals surface area contributed by atoms with Gasteiger partial charge in [0.15, 0.2) is 0 Å². The molecule has 0 saturated heterocycles.